The van der Waals surface area contributed by atoms with E-state index in [2.05, 4.69) is 19.2 Å². The zero-order valence-electron chi connectivity index (χ0n) is 12.2. The first kappa shape index (κ1) is 14.5. The maximum atomic E-state index is 14.2. The third-order valence-corrected chi connectivity index (χ3v) is 4.35. The third kappa shape index (κ3) is 3.56. The molecule has 0 heterocycles. The molecule has 1 saturated carbocycles. The van der Waals surface area contributed by atoms with Gasteiger partial charge in [-0.05, 0) is 24.5 Å². The number of rotatable bonds is 4. The van der Waals surface area contributed by atoms with E-state index in [0.29, 0.717) is 6.04 Å². The second-order valence-electron chi connectivity index (χ2n) is 6.21. The second kappa shape index (κ2) is 6.51. The van der Waals surface area contributed by atoms with Gasteiger partial charge in [0.05, 0.1) is 0 Å². The molecule has 2 heteroatoms. The van der Waals surface area contributed by atoms with Gasteiger partial charge in [-0.2, -0.15) is 0 Å². The van der Waals surface area contributed by atoms with Crippen LogP contribution in [0.3, 0.4) is 0 Å². The predicted molar refractivity (Wildman–Crippen MR) is 78.9 cm³/mol. The molecular weight excluding hydrogens is 237 g/mol. The van der Waals surface area contributed by atoms with Crippen molar-refractivity contribution < 1.29 is 4.39 Å². The van der Waals surface area contributed by atoms with E-state index < -0.39 is 0 Å². The summed E-state index contributed by atoms with van der Waals surface area (Å²) in [7, 11) is 0. The highest BCUT2D eigenvalue weighted by molar-refractivity contribution is 5.28. The van der Waals surface area contributed by atoms with E-state index >= 15 is 0 Å². The summed E-state index contributed by atoms with van der Waals surface area (Å²) in [6.07, 6.45) is 7.22. The Bertz CT molecular complexity index is 392. The van der Waals surface area contributed by atoms with E-state index in [0.717, 1.165) is 24.9 Å². The molecule has 1 aromatic carbocycles. The lowest BCUT2D eigenvalue weighted by molar-refractivity contribution is 0.324. The molecule has 0 aromatic heterocycles. The Morgan fingerprint density at radius 2 is 1.74 bits per heavy atom. The minimum atomic E-state index is -0.0324. The molecule has 0 amide bonds. The number of hydrogen-bond acceptors (Lipinski definition) is 1. The monoisotopic (exact) mass is 263 g/mol. The van der Waals surface area contributed by atoms with E-state index in [9.17, 15) is 4.39 Å². The summed E-state index contributed by atoms with van der Waals surface area (Å²) in [4.78, 5) is 0. The molecule has 1 nitrogen and oxygen atoms in total. The highest BCUT2D eigenvalue weighted by atomic mass is 19.1. The number of hydrogen-bond donors (Lipinski definition) is 1. The van der Waals surface area contributed by atoms with Gasteiger partial charge in [0.2, 0.25) is 0 Å². The van der Waals surface area contributed by atoms with Crippen molar-refractivity contribution in [3.63, 3.8) is 0 Å². The third-order valence-electron chi connectivity index (χ3n) is 4.35. The molecule has 1 aliphatic carbocycles. The van der Waals surface area contributed by atoms with Crippen molar-refractivity contribution in [3.05, 3.63) is 35.6 Å². The lowest BCUT2D eigenvalue weighted by Crippen LogP contribution is -2.41. The van der Waals surface area contributed by atoms with Crippen LogP contribution in [0.25, 0.3) is 0 Å². The number of benzene rings is 1. The quantitative estimate of drug-likeness (QED) is 0.793. The van der Waals surface area contributed by atoms with Crippen LogP contribution in [0.15, 0.2) is 24.3 Å². The van der Waals surface area contributed by atoms with Crippen LogP contribution in [0.5, 0.6) is 0 Å². The first-order valence-electron chi connectivity index (χ1n) is 7.62. The summed E-state index contributed by atoms with van der Waals surface area (Å²) >= 11 is 0. The molecule has 1 N–H and O–H groups in total. The van der Waals surface area contributed by atoms with E-state index in [4.69, 9.17) is 0 Å². The van der Waals surface area contributed by atoms with Gasteiger partial charge in [0.1, 0.15) is 5.82 Å². The Labute approximate surface area is 116 Å². The van der Waals surface area contributed by atoms with E-state index in [1.54, 1.807) is 12.1 Å². The Balaban J connectivity index is 2.29. The molecule has 0 radical (unpaired) electrons. The molecular formula is C17H26FN. The average molecular weight is 263 g/mol. The van der Waals surface area contributed by atoms with Gasteiger partial charge in [-0.3, -0.25) is 0 Å². The molecule has 19 heavy (non-hydrogen) atoms. The van der Waals surface area contributed by atoms with Crippen LogP contribution < -0.4 is 5.32 Å². The largest absolute Gasteiger partial charge is 0.314 e. The SMILES string of the molecule is CC(C)NCC1(c2ccccc2F)CCCCCC1. The van der Waals surface area contributed by atoms with Crippen molar-refractivity contribution in [2.75, 3.05) is 6.54 Å². The molecule has 0 saturated heterocycles. The smallest absolute Gasteiger partial charge is 0.127 e. The summed E-state index contributed by atoms with van der Waals surface area (Å²) in [5.41, 5.74) is 0.914. The normalized spacial score (nSPS) is 19.4. The predicted octanol–water partition coefficient (Wildman–Crippen LogP) is 4.42. The standard InChI is InChI=1S/C17H26FN/c1-14(2)19-13-17(11-7-3-4-8-12-17)15-9-5-6-10-16(15)18/h5-6,9-10,14,19H,3-4,7-8,11-13H2,1-2H3. The molecule has 1 aliphatic rings. The van der Waals surface area contributed by atoms with Gasteiger partial charge in [0.15, 0.2) is 0 Å². The summed E-state index contributed by atoms with van der Waals surface area (Å²) < 4.78 is 14.2. The van der Waals surface area contributed by atoms with Gasteiger partial charge in [-0.15, -0.1) is 0 Å². The maximum Gasteiger partial charge on any atom is 0.127 e. The van der Waals surface area contributed by atoms with Crippen molar-refractivity contribution in [1.82, 2.24) is 5.32 Å². The van der Waals surface area contributed by atoms with Crippen molar-refractivity contribution in [2.45, 2.75) is 63.8 Å². The number of nitrogens with one attached hydrogen (secondary N) is 1. The maximum absolute atomic E-state index is 14.2. The Morgan fingerprint density at radius 1 is 1.11 bits per heavy atom. The zero-order chi connectivity index (χ0) is 13.7. The second-order valence-corrected chi connectivity index (χ2v) is 6.21. The van der Waals surface area contributed by atoms with Crippen molar-refractivity contribution in [3.8, 4) is 0 Å². The molecule has 0 atom stereocenters. The lowest BCUT2D eigenvalue weighted by atomic mass is 9.74. The van der Waals surface area contributed by atoms with E-state index in [1.165, 1.54) is 25.7 Å². The van der Waals surface area contributed by atoms with E-state index in [-0.39, 0.29) is 11.2 Å². The topological polar surface area (TPSA) is 12.0 Å². The fraction of sp³-hybridized carbons (Fsp3) is 0.647. The summed E-state index contributed by atoms with van der Waals surface area (Å²) in [6, 6.07) is 7.81. The average Bonchev–Trinajstić information content (AvgIpc) is 2.63. The minimum absolute atomic E-state index is 0.00782. The molecule has 0 bridgehead atoms. The first-order valence-corrected chi connectivity index (χ1v) is 7.62. The van der Waals surface area contributed by atoms with Gasteiger partial charge in [-0.1, -0.05) is 57.7 Å². The van der Waals surface area contributed by atoms with Crippen LogP contribution in [0.4, 0.5) is 4.39 Å². The Hall–Kier alpha value is -0.890. The van der Waals surface area contributed by atoms with Crippen molar-refractivity contribution >= 4 is 0 Å². The lowest BCUT2D eigenvalue weighted by Gasteiger charge is -2.35. The van der Waals surface area contributed by atoms with Gasteiger partial charge >= 0.3 is 0 Å². The van der Waals surface area contributed by atoms with E-state index in [1.807, 2.05) is 12.1 Å². The van der Waals surface area contributed by atoms with Crippen LogP contribution in [-0.4, -0.2) is 12.6 Å². The van der Waals surface area contributed by atoms with Crippen LogP contribution in [0.1, 0.15) is 57.9 Å². The molecule has 0 unspecified atom stereocenters. The fourth-order valence-electron chi connectivity index (χ4n) is 3.24. The minimum Gasteiger partial charge on any atom is -0.314 e. The van der Waals surface area contributed by atoms with Gasteiger partial charge < -0.3 is 5.32 Å². The van der Waals surface area contributed by atoms with Crippen LogP contribution in [-0.2, 0) is 5.41 Å². The van der Waals surface area contributed by atoms with Crippen LogP contribution >= 0.6 is 0 Å². The van der Waals surface area contributed by atoms with Crippen molar-refractivity contribution in [2.24, 2.45) is 0 Å². The summed E-state index contributed by atoms with van der Waals surface area (Å²) in [6.45, 7) is 5.21. The van der Waals surface area contributed by atoms with Gasteiger partial charge in [0.25, 0.3) is 0 Å². The summed E-state index contributed by atoms with van der Waals surface area (Å²) in [5, 5.41) is 3.54. The van der Waals surface area contributed by atoms with Gasteiger partial charge in [-0.25, -0.2) is 4.39 Å². The van der Waals surface area contributed by atoms with Gasteiger partial charge in [0, 0.05) is 18.0 Å². The Morgan fingerprint density at radius 3 is 2.32 bits per heavy atom. The molecule has 0 spiro atoms. The Kier molecular flexibility index (Phi) is 4.98. The number of halogens is 1. The molecule has 106 valence electrons. The summed E-state index contributed by atoms with van der Waals surface area (Å²) in [5.74, 6) is -0.0324. The molecule has 1 fully saturated rings. The molecule has 0 aliphatic heterocycles. The first-order chi connectivity index (χ1) is 9.14. The van der Waals surface area contributed by atoms with Crippen LogP contribution in [0, 0.1) is 5.82 Å². The molecule has 1 aromatic rings. The highest BCUT2D eigenvalue weighted by Crippen LogP contribution is 2.39. The van der Waals surface area contributed by atoms with Crippen LogP contribution in [0.2, 0.25) is 0 Å². The highest BCUT2D eigenvalue weighted by Gasteiger charge is 2.34. The molecule has 2 rings (SSSR count). The van der Waals surface area contributed by atoms with Crippen molar-refractivity contribution in [1.29, 1.82) is 0 Å². The fourth-order valence-corrected chi connectivity index (χ4v) is 3.24. The zero-order valence-corrected chi connectivity index (χ0v) is 12.2.